The van der Waals surface area contributed by atoms with Gasteiger partial charge in [0, 0.05) is 17.8 Å². The summed E-state index contributed by atoms with van der Waals surface area (Å²) in [6, 6.07) is 0.217. The third kappa shape index (κ3) is 3.50. The van der Waals surface area contributed by atoms with Gasteiger partial charge in [-0.2, -0.15) is 13.2 Å². The average molecular weight is 346 g/mol. The number of amides is 1. The molecular weight excluding hydrogens is 329 g/mol. The van der Waals surface area contributed by atoms with Crippen molar-refractivity contribution in [1.82, 2.24) is 9.38 Å². The maximum absolute atomic E-state index is 12.8. The van der Waals surface area contributed by atoms with E-state index in [1.165, 1.54) is 0 Å². The Balaban J connectivity index is 1.67. The van der Waals surface area contributed by atoms with Crippen LogP contribution in [0.2, 0.25) is 0 Å². The second-order valence-corrected chi connectivity index (χ2v) is 6.78. The van der Waals surface area contributed by atoms with Crippen LogP contribution in [-0.4, -0.2) is 21.3 Å². The van der Waals surface area contributed by atoms with Crippen molar-refractivity contribution in [1.29, 1.82) is 0 Å². The number of fused-ring (bicyclic) bond motifs is 1. The molecule has 126 valence electrons. The highest BCUT2D eigenvalue weighted by molar-refractivity contribution is 7.16. The van der Waals surface area contributed by atoms with E-state index >= 15 is 0 Å². The molecule has 2 aromatic rings. The minimum atomic E-state index is -4.44. The van der Waals surface area contributed by atoms with Crippen LogP contribution in [0, 0.1) is 5.92 Å². The lowest BCUT2D eigenvalue weighted by atomic mass is 9.84. The number of halogens is 3. The van der Waals surface area contributed by atoms with Crippen LogP contribution in [0.25, 0.3) is 4.83 Å². The number of nitrogens with one attached hydrogen (secondary N) is 1. The van der Waals surface area contributed by atoms with E-state index in [9.17, 15) is 18.0 Å². The van der Waals surface area contributed by atoms with Crippen LogP contribution in [0.3, 0.4) is 0 Å². The first kappa shape index (κ1) is 16.3. The second-order valence-electron chi connectivity index (χ2n) is 5.92. The Morgan fingerprint density at radius 3 is 2.74 bits per heavy atom. The van der Waals surface area contributed by atoms with Crippen LogP contribution in [0.4, 0.5) is 19.0 Å². The van der Waals surface area contributed by atoms with Gasteiger partial charge in [0.05, 0.1) is 0 Å². The van der Waals surface area contributed by atoms with Crippen LogP contribution in [0.1, 0.15) is 37.8 Å². The summed E-state index contributed by atoms with van der Waals surface area (Å²) in [5.74, 6) is 0.248. The van der Waals surface area contributed by atoms with Gasteiger partial charge in [0.25, 0.3) is 0 Å². The van der Waals surface area contributed by atoms with Gasteiger partial charge in [0.1, 0.15) is 16.9 Å². The zero-order chi connectivity index (χ0) is 16.6. The van der Waals surface area contributed by atoms with E-state index in [0.29, 0.717) is 6.42 Å². The van der Waals surface area contributed by atoms with Crippen LogP contribution in [-0.2, 0) is 11.0 Å². The molecule has 1 amide bonds. The molecule has 0 unspecified atom stereocenters. The molecule has 1 aliphatic carbocycles. The molecule has 1 aliphatic rings. The third-order valence-electron chi connectivity index (χ3n) is 4.18. The van der Waals surface area contributed by atoms with Crippen molar-refractivity contribution in [3.05, 3.63) is 17.4 Å². The van der Waals surface area contributed by atoms with Gasteiger partial charge in [0.15, 0.2) is 5.82 Å². The molecule has 9 heteroatoms. The summed E-state index contributed by atoms with van der Waals surface area (Å²) in [5, 5.41) is 3.65. The molecule has 0 aliphatic heterocycles. The fourth-order valence-corrected chi connectivity index (χ4v) is 3.86. The lowest BCUT2D eigenvalue weighted by molar-refractivity contribution is -0.141. The number of aromatic nitrogens is 2. The van der Waals surface area contributed by atoms with E-state index in [1.54, 1.807) is 0 Å². The van der Waals surface area contributed by atoms with Crippen LogP contribution >= 0.6 is 11.3 Å². The lowest BCUT2D eigenvalue weighted by Crippen LogP contribution is -2.28. The molecule has 0 saturated heterocycles. The summed E-state index contributed by atoms with van der Waals surface area (Å²) >= 11 is 0.912. The maximum atomic E-state index is 12.8. The Bertz CT molecular complexity index is 700. The van der Waals surface area contributed by atoms with Gasteiger partial charge in [-0.15, -0.1) is 11.3 Å². The van der Waals surface area contributed by atoms with Gasteiger partial charge in [-0.1, -0.05) is 0 Å². The van der Waals surface area contributed by atoms with Crippen LogP contribution < -0.4 is 11.1 Å². The Kier molecular flexibility index (Phi) is 4.33. The molecule has 2 aromatic heterocycles. The number of alkyl halides is 3. The summed E-state index contributed by atoms with van der Waals surface area (Å²) < 4.78 is 39.4. The minimum absolute atomic E-state index is 0.183. The summed E-state index contributed by atoms with van der Waals surface area (Å²) in [6.45, 7) is 0. The number of carbonyl (C=O) groups excluding carboxylic acids is 1. The number of hydrogen-bond acceptors (Lipinski definition) is 4. The van der Waals surface area contributed by atoms with E-state index in [2.05, 4.69) is 10.3 Å². The molecule has 3 N–H and O–H groups in total. The largest absolute Gasteiger partial charge is 0.432 e. The van der Waals surface area contributed by atoms with Crippen molar-refractivity contribution in [3.63, 3.8) is 0 Å². The first-order valence-corrected chi connectivity index (χ1v) is 8.29. The van der Waals surface area contributed by atoms with Crippen LogP contribution in [0.15, 0.2) is 11.7 Å². The number of nitrogens with two attached hydrogens (primary N) is 1. The van der Waals surface area contributed by atoms with Gasteiger partial charge >= 0.3 is 6.18 Å². The molecule has 1 fully saturated rings. The Hall–Kier alpha value is -1.61. The number of thiazole rings is 1. The average Bonchev–Trinajstić information content (AvgIpc) is 3.03. The third-order valence-corrected chi connectivity index (χ3v) is 5.13. The SMILES string of the molecule is NC1CCC(CC(=O)Nc2ncn3c(C(F)(F)F)csc23)CC1. The smallest absolute Gasteiger partial charge is 0.328 e. The first-order valence-electron chi connectivity index (χ1n) is 7.41. The van der Waals surface area contributed by atoms with Gasteiger partial charge in [0.2, 0.25) is 5.91 Å². The molecule has 0 spiro atoms. The Morgan fingerprint density at radius 1 is 1.39 bits per heavy atom. The number of imidazole rings is 1. The summed E-state index contributed by atoms with van der Waals surface area (Å²) in [5.41, 5.74) is 5.05. The van der Waals surface area contributed by atoms with Crippen molar-refractivity contribution in [2.75, 3.05) is 5.32 Å². The molecule has 0 bridgehead atoms. The monoisotopic (exact) mass is 346 g/mol. The molecule has 0 aromatic carbocycles. The number of anilines is 1. The second kappa shape index (κ2) is 6.12. The van der Waals surface area contributed by atoms with E-state index in [1.807, 2.05) is 0 Å². The van der Waals surface area contributed by atoms with Gasteiger partial charge < -0.3 is 11.1 Å². The van der Waals surface area contributed by atoms with Gasteiger partial charge in [-0.05, 0) is 31.6 Å². The number of rotatable bonds is 3. The molecule has 5 nitrogen and oxygen atoms in total. The van der Waals surface area contributed by atoms with E-state index in [0.717, 1.165) is 53.1 Å². The molecular formula is C14H17F3N4OS. The first-order chi connectivity index (χ1) is 10.8. The summed E-state index contributed by atoms with van der Waals surface area (Å²) in [4.78, 5) is 16.3. The lowest BCUT2D eigenvalue weighted by Gasteiger charge is -2.25. The fourth-order valence-electron chi connectivity index (χ4n) is 2.92. The molecule has 23 heavy (non-hydrogen) atoms. The number of carbonyl (C=O) groups is 1. The molecule has 2 heterocycles. The molecule has 3 rings (SSSR count). The molecule has 0 radical (unpaired) electrons. The maximum Gasteiger partial charge on any atom is 0.432 e. The Morgan fingerprint density at radius 2 is 2.09 bits per heavy atom. The van der Waals surface area contributed by atoms with Crippen molar-refractivity contribution in [2.45, 2.75) is 44.3 Å². The summed E-state index contributed by atoms with van der Waals surface area (Å²) in [7, 11) is 0. The summed E-state index contributed by atoms with van der Waals surface area (Å²) in [6.07, 6.45) is 0.627. The normalized spacial score (nSPS) is 22.4. The van der Waals surface area contributed by atoms with E-state index < -0.39 is 11.9 Å². The standard InChI is InChI=1S/C14H17F3N4OS/c15-14(16,17)10-6-23-13-12(19-7-21(10)13)20-11(22)5-8-1-3-9(18)4-2-8/h6-9H,1-5,18H2,(H,20,22). The molecule has 1 saturated carbocycles. The molecule has 0 atom stereocenters. The van der Waals surface area contributed by atoms with Crippen molar-refractivity contribution < 1.29 is 18.0 Å². The Labute approximate surface area is 134 Å². The van der Waals surface area contributed by atoms with Crippen molar-refractivity contribution in [3.8, 4) is 0 Å². The fraction of sp³-hybridized carbons (Fsp3) is 0.571. The zero-order valence-corrected chi connectivity index (χ0v) is 13.1. The van der Waals surface area contributed by atoms with E-state index in [4.69, 9.17) is 5.73 Å². The highest BCUT2D eigenvalue weighted by Crippen LogP contribution is 2.35. The predicted octanol–water partition coefficient (Wildman–Crippen LogP) is 3.26. The quantitative estimate of drug-likeness (QED) is 0.896. The highest BCUT2D eigenvalue weighted by Gasteiger charge is 2.35. The number of nitrogens with zero attached hydrogens (tertiary/aromatic N) is 2. The van der Waals surface area contributed by atoms with E-state index in [-0.39, 0.29) is 28.5 Å². The van der Waals surface area contributed by atoms with Gasteiger partial charge in [-0.3, -0.25) is 9.20 Å². The minimum Gasteiger partial charge on any atom is -0.328 e. The topological polar surface area (TPSA) is 72.4 Å². The van der Waals surface area contributed by atoms with Crippen molar-refractivity contribution >= 4 is 27.9 Å². The zero-order valence-electron chi connectivity index (χ0n) is 12.3. The van der Waals surface area contributed by atoms with Gasteiger partial charge in [-0.25, -0.2) is 4.98 Å². The van der Waals surface area contributed by atoms with Crippen molar-refractivity contribution in [2.24, 2.45) is 11.7 Å². The van der Waals surface area contributed by atoms with Crippen LogP contribution in [0.5, 0.6) is 0 Å². The number of hydrogen-bond donors (Lipinski definition) is 2. The highest BCUT2D eigenvalue weighted by atomic mass is 32.1. The predicted molar refractivity (Wildman–Crippen MR) is 81.3 cm³/mol.